The second kappa shape index (κ2) is 6.65. The minimum atomic E-state index is -0.384. The number of hydrazone groups is 1. The van der Waals surface area contributed by atoms with Gasteiger partial charge in [-0.3, -0.25) is 5.43 Å². The molecule has 0 aliphatic heterocycles. The van der Waals surface area contributed by atoms with E-state index >= 15 is 0 Å². The first kappa shape index (κ1) is 14.0. The molecule has 0 aromatic carbocycles. The third kappa shape index (κ3) is 3.76. The van der Waals surface area contributed by atoms with Crippen LogP contribution >= 0.6 is 11.3 Å². The smallest absolute Gasteiger partial charge is 0.357 e. The van der Waals surface area contributed by atoms with Gasteiger partial charge in [-0.1, -0.05) is 13.3 Å². The predicted octanol–water partition coefficient (Wildman–Crippen LogP) is 3.30. The number of carbonyl (C=O) groups excluding carboxylic acids is 1. The first-order chi connectivity index (χ1) is 9.20. The molecule has 6 heteroatoms. The minimum Gasteiger partial charge on any atom is -0.461 e. The molecule has 0 amide bonds. The molecule has 5 nitrogen and oxygen atoms in total. The number of thiazole rings is 1. The average Bonchev–Trinajstić information content (AvgIpc) is 2.87. The number of carbonyl (C=O) groups is 1. The SMILES string of the molecule is CCOC(=O)c1csc(N/N=C2\CCCCC2C)n1. The molecule has 1 aliphatic carbocycles. The average molecular weight is 281 g/mol. The zero-order chi connectivity index (χ0) is 13.7. The van der Waals surface area contributed by atoms with Gasteiger partial charge in [0.05, 0.1) is 6.61 Å². The number of anilines is 1. The topological polar surface area (TPSA) is 63.6 Å². The highest BCUT2D eigenvalue weighted by molar-refractivity contribution is 7.13. The molecule has 1 N–H and O–H groups in total. The molecule has 1 aromatic heterocycles. The summed E-state index contributed by atoms with van der Waals surface area (Å²) in [6.07, 6.45) is 4.73. The van der Waals surface area contributed by atoms with Crippen molar-refractivity contribution in [1.82, 2.24) is 4.98 Å². The Morgan fingerprint density at radius 1 is 1.63 bits per heavy atom. The lowest BCUT2D eigenvalue weighted by Gasteiger charge is -2.19. The molecule has 1 heterocycles. The number of hydrogen-bond donors (Lipinski definition) is 1. The van der Waals surface area contributed by atoms with Crippen molar-refractivity contribution in [3.8, 4) is 0 Å². The molecular formula is C13H19N3O2S. The number of hydrogen-bond acceptors (Lipinski definition) is 6. The van der Waals surface area contributed by atoms with Crippen molar-refractivity contribution in [2.24, 2.45) is 11.0 Å². The molecule has 1 fully saturated rings. The van der Waals surface area contributed by atoms with Crippen LogP contribution in [0.5, 0.6) is 0 Å². The van der Waals surface area contributed by atoms with Crippen LogP contribution in [0.2, 0.25) is 0 Å². The van der Waals surface area contributed by atoms with Crippen LogP contribution in [-0.4, -0.2) is 23.3 Å². The minimum absolute atomic E-state index is 0.339. The maximum Gasteiger partial charge on any atom is 0.357 e. The highest BCUT2D eigenvalue weighted by Crippen LogP contribution is 2.22. The number of nitrogens with one attached hydrogen (secondary N) is 1. The number of aromatic nitrogens is 1. The Morgan fingerprint density at radius 3 is 3.21 bits per heavy atom. The predicted molar refractivity (Wildman–Crippen MR) is 76.8 cm³/mol. The van der Waals surface area contributed by atoms with Crippen LogP contribution in [0.4, 0.5) is 5.13 Å². The van der Waals surface area contributed by atoms with E-state index in [2.05, 4.69) is 22.4 Å². The Morgan fingerprint density at radius 2 is 2.47 bits per heavy atom. The highest BCUT2D eigenvalue weighted by atomic mass is 32.1. The summed E-state index contributed by atoms with van der Waals surface area (Å²) in [6, 6.07) is 0. The fourth-order valence-corrected chi connectivity index (χ4v) is 2.70. The molecule has 0 radical (unpaired) electrons. The van der Waals surface area contributed by atoms with Gasteiger partial charge in [-0.15, -0.1) is 11.3 Å². The Kier molecular flexibility index (Phi) is 4.90. The summed E-state index contributed by atoms with van der Waals surface area (Å²) in [6.45, 7) is 4.34. The molecule has 0 saturated heterocycles. The molecule has 2 rings (SSSR count). The molecule has 1 atom stereocenters. The third-order valence-electron chi connectivity index (χ3n) is 3.17. The van der Waals surface area contributed by atoms with Gasteiger partial charge in [-0.05, 0) is 32.1 Å². The zero-order valence-corrected chi connectivity index (χ0v) is 12.1. The van der Waals surface area contributed by atoms with E-state index in [1.54, 1.807) is 12.3 Å². The van der Waals surface area contributed by atoms with Gasteiger partial charge in [0.1, 0.15) is 0 Å². The molecule has 1 unspecified atom stereocenters. The lowest BCUT2D eigenvalue weighted by Crippen LogP contribution is -2.17. The standard InChI is InChI=1S/C13H19N3O2S/c1-3-18-12(17)11-8-19-13(14-11)16-15-10-7-5-4-6-9(10)2/h8-9H,3-7H2,1-2H3,(H,14,16)/b15-10+. The van der Waals surface area contributed by atoms with Crippen molar-refractivity contribution in [3.63, 3.8) is 0 Å². The van der Waals surface area contributed by atoms with Crippen LogP contribution in [0.3, 0.4) is 0 Å². The molecule has 1 saturated carbocycles. The number of ether oxygens (including phenoxy) is 1. The molecule has 19 heavy (non-hydrogen) atoms. The maximum absolute atomic E-state index is 11.5. The molecule has 104 valence electrons. The number of esters is 1. The highest BCUT2D eigenvalue weighted by Gasteiger charge is 2.16. The van der Waals surface area contributed by atoms with E-state index < -0.39 is 0 Å². The quantitative estimate of drug-likeness (QED) is 0.679. The summed E-state index contributed by atoms with van der Waals surface area (Å²) in [5.41, 5.74) is 4.48. The van der Waals surface area contributed by atoms with Crippen molar-refractivity contribution < 1.29 is 9.53 Å². The summed E-state index contributed by atoms with van der Waals surface area (Å²) in [5.74, 6) is 0.149. The van der Waals surface area contributed by atoms with Crippen LogP contribution in [0, 0.1) is 5.92 Å². The number of rotatable bonds is 4. The fraction of sp³-hybridized carbons (Fsp3) is 0.615. The van der Waals surface area contributed by atoms with Crippen LogP contribution < -0.4 is 5.43 Å². The van der Waals surface area contributed by atoms with Gasteiger partial charge < -0.3 is 4.74 Å². The van der Waals surface area contributed by atoms with E-state index in [4.69, 9.17) is 4.74 Å². The van der Waals surface area contributed by atoms with Crippen molar-refractivity contribution >= 4 is 28.1 Å². The second-order valence-electron chi connectivity index (χ2n) is 4.62. The lowest BCUT2D eigenvalue weighted by atomic mass is 9.89. The monoisotopic (exact) mass is 281 g/mol. The van der Waals surface area contributed by atoms with Crippen molar-refractivity contribution in [1.29, 1.82) is 0 Å². The van der Waals surface area contributed by atoms with Gasteiger partial charge in [0.25, 0.3) is 0 Å². The van der Waals surface area contributed by atoms with E-state index in [0.29, 0.717) is 23.4 Å². The van der Waals surface area contributed by atoms with E-state index in [9.17, 15) is 4.79 Å². The molecular weight excluding hydrogens is 262 g/mol. The van der Waals surface area contributed by atoms with Gasteiger partial charge in [0, 0.05) is 11.1 Å². The van der Waals surface area contributed by atoms with Gasteiger partial charge in [-0.2, -0.15) is 5.10 Å². The van der Waals surface area contributed by atoms with Crippen LogP contribution in [0.1, 0.15) is 50.0 Å². The third-order valence-corrected chi connectivity index (χ3v) is 3.92. The summed E-state index contributed by atoms with van der Waals surface area (Å²) >= 11 is 1.36. The zero-order valence-electron chi connectivity index (χ0n) is 11.3. The summed E-state index contributed by atoms with van der Waals surface area (Å²) in [4.78, 5) is 15.6. The maximum atomic E-state index is 11.5. The van der Waals surface area contributed by atoms with Gasteiger partial charge in [0.2, 0.25) is 5.13 Å². The summed E-state index contributed by atoms with van der Waals surface area (Å²) < 4.78 is 4.89. The van der Waals surface area contributed by atoms with Crippen molar-refractivity contribution in [2.75, 3.05) is 12.0 Å². The van der Waals surface area contributed by atoms with E-state index in [-0.39, 0.29) is 5.97 Å². The molecule has 1 aliphatic rings. The number of nitrogens with zero attached hydrogens (tertiary/aromatic N) is 2. The first-order valence-electron chi connectivity index (χ1n) is 6.65. The lowest BCUT2D eigenvalue weighted by molar-refractivity contribution is 0.0520. The Balaban J connectivity index is 1.96. The second-order valence-corrected chi connectivity index (χ2v) is 5.48. The van der Waals surface area contributed by atoms with Gasteiger partial charge in [0.15, 0.2) is 5.69 Å². The molecule has 0 bridgehead atoms. The first-order valence-corrected chi connectivity index (χ1v) is 7.53. The van der Waals surface area contributed by atoms with Crippen molar-refractivity contribution in [2.45, 2.75) is 39.5 Å². The largest absolute Gasteiger partial charge is 0.461 e. The van der Waals surface area contributed by atoms with E-state index in [1.165, 1.54) is 36.3 Å². The van der Waals surface area contributed by atoms with Crippen molar-refractivity contribution in [3.05, 3.63) is 11.1 Å². The van der Waals surface area contributed by atoms with Gasteiger partial charge >= 0.3 is 5.97 Å². The van der Waals surface area contributed by atoms with Gasteiger partial charge in [-0.25, -0.2) is 9.78 Å². The Hall–Kier alpha value is -1.43. The van der Waals surface area contributed by atoms with Crippen LogP contribution in [0.25, 0.3) is 0 Å². The summed E-state index contributed by atoms with van der Waals surface area (Å²) in [7, 11) is 0. The van der Waals surface area contributed by atoms with E-state index in [1.807, 2.05) is 0 Å². The Labute approximate surface area is 117 Å². The molecule has 0 spiro atoms. The van der Waals surface area contributed by atoms with Crippen LogP contribution in [0.15, 0.2) is 10.5 Å². The Bertz CT molecular complexity index is 470. The summed E-state index contributed by atoms with van der Waals surface area (Å²) in [5, 5.41) is 6.73. The normalized spacial score (nSPS) is 21.4. The van der Waals surface area contributed by atoms with E-state index in [0.717, 1.165) is 6.42 Å². The molecule has 1 aromatic rings. The fourth-order valence-electron chi connectivity index (χ4n) is 2.08. The van der Waals surface area contributed by atoms with Crippen LogP contribution in [-0.2, 0) is 4.74 Å².